The van der Waals surface area contributed by atoms with Crippen molar-refractivity contribution in [3.8, 4) is 22.3 Å². The Morgan fingerprint density at radius 1 is 0.333 bits per heavy atom. The van der Waals surface area contributed by atoms with E-state index in [4.69, 9.17) is 0 Å². The fourth-order valence-corrected chi connectivity index (χ4v) is 11.5. The van der Waals surface area contributed by atoms with Crippen LogP contribution in [0.4, 0.5) is 0 Å². The predicted octanol–water partition coefficient (Wildman–Crippen LogP) is 4.98. The Kier molecular flexibility index (Phi) is 4.46. The summed E-state index contributed by atoms with van der Waals surface area (Å²) < 4.78 is 0. The van der Waals surface area contributed by atoms with Gasteiger partial charge in [0.05, 0.1) is 0 Å². The molecule has 0 aliphatic carbocycles. The van der Waals surface area contributed by atoms with Gasteiger partial charge >= 0.3 is 0 Å². The number of hydrogen-bond acceptors (Lipinski definition) is 0. The lowest BCUT2D eigenvalue weighted by Gasteiger charge is -2.18. The van der Waals surface area contributed by atoms with E-state index < -0.39 is 16.1 Å². The van der Waals surface area contributed by atoms with E-state index >= 15 is 0 Å². The Labute approximate surface area is 182 Å². The van der Waals surface area contributed by atoms with Gasteiger partial charge in [-0.3, -0.25) is 0 Å². The third-order valence-corrected chi connectivity index (χ3v) is 14.1. The van der Waals surface area contributed by atoms with Crippen molar-refractivity contribution >= 4 is 36.9 Å². The third-order valence-electron chi connectivity index (χ3n) is 6.98. The van der Waals surface area contributed by atoms with Crippen LogP contribution in [0.3, 0.4) is 0 Å². The molecule has 0 aromatic heterocycles. The number of fused-ring (bicyclic) bond motifs is 6. The molecule has 6 rings (SSSR count). The summed E-state index contributed by atoms with van der Waals surface area (Å²) >= 11 is 0. The van der Waals surface area contributed by atoms with E-state index in [0.29, 0.717) is 0 Å². The zero-order valence-electron chi connectivity index (χ0n) is 18.2. The van der Waals surface area contributed by atoms with Gasteiger partial charge < -0.3 is 0 Å². The molecule has 0 N–H and O–H groups in total. The van der Waals surface area contributed by atoms with E-state index in [2.05, 4.69) is 123 Å². The number of rotatable bonds is 0. The van der Waals surface area contributed by atoms with Gasteiger partial charge in [-0.2, -0.15) is 0 Å². The van der Waals surface area contributed by atoms with E-state index in [1.807, 2.05) is 0 Å². The van der Waals surface area contributed by atoms with Crippen LogP contribution in [0, 0.1) is 0 Å². The highest BCUT2D eigenvalue weighted by atomic mass is 28.3. The SMILES string of the molecule is C[Si]1(C)c2ccccc2-c2ccccc21.C[Si]1(C)c2ccccc2-c2ccccc21. The minimum absolute atomic E-state index is 1.38. The molecule has 30 heavy (non-hydrogen) atoms. The van der Waals surface area contributed by atoms with Crippen LogP contribution < -0.4 is 20.7 Å². The van der Waals surface area contributed by atoms with Gasteiger partial charge in [0.25, 0.3) is 0 Å². The minimum atomic E-state index is -1.38. The Bertz CT molecular complexity index is 1060. The normalized spacial score (nSPS) is 15.9. The highest BCUT2D eigenvalue weighted by molar-refractivity contribution is 7.04. The van der Waals surface area contributed by atoms with E-state index in [9.17, 15) is 0 Å². The maximum Gasteiger partial charge on any atom is 0.113 e. The van der Waals surface area contributed by atoms with Crippen LogP contribution in [-0.2, 0) is 0 Å². The highest BCUT2D eigenvalue weighted by Gasteiger charge is 2.37. The largest absolute Gasteiger partial charge is 0.113 e. The maximum atomic E-state index is 2.44. The van der Waals surface area contributed by atoms with Crippen LogP contribution in [0.15, 0.2) is 97.1 Å². The molecular formula is C28H28Si2. The van der Waals surface area contributed by atoms with Crippen LogP contribution in [0.25, 0.3) is 22.3 Å². The van der Waals surface area contributed by atoms with Gasteiger partial charge in [-0.25, -0.2) is 0 Å². The van der Waals surface area contributed by atoms with Gasteiger partial charge in [0, 0.05) is 0 Å². The average Bonchev–Trinajstić information content (AvgIpc) is 3.16. The first-order chi connectivity index (χ1) is 14.4. The first kappa shape index (κ1) is 19.3. The van der Waals surface area contributed by atoms with Gasteiger partial charge in [-0.05, 0) is 43.0 Å². The summed E-state index contributed by atoms with van der Waals surface area (Å²) in [5.41, 5.74) is 5.85. The van der Waals surface area contributed by atoms with Crippen molar-refractivity contribution < 1.29 is 0 Å². The molecule has 4 aromatic rings. The predicted molar refractivity (Wildman–Crippen MR) is 137 cm³/mol. The van der Waals surface area contributed by atoms with Gasteiger partial charge in [-0.1, -0.05) is 123 Å². The van der Waals surface area contributed by atoms with Gasteiger partial charge in [0.2, 0.25) is 0 Å². The monoisotopic (exact) mass is 420 g/mol. The summed E-state index contributed by atoms with van der Waals surface area (Å²) in [4.78, 5) is 0. The second-order valence-electron chi connectivity index (χ2n) is 9.43. The maximum absolute atomic E-state index is 2.44. The van der Waals surface area contributed by atoms with E-state index in [-0.39, 0.29) is 0 Å². The van der Waals surface area contributed by atoms with Crippen molar-refractivity contribution in [2.75, 3.05) is 0 Å². The average molecular weight is 421 g/mol. The van der Waals surface area contributed by atoms with Gasteiger partial charge in [-0.15, -0.1) is 0 Å². The van der Waals surface area contributed by atoms with Gasteiger partial charge in [0.1, 0.15) is 16.1 Å². The smallest absolute Gasteiger partial charge is 0.0623 e. The van der Waals surface area contributed by atoms with Crippen molar-refractivity contribution in [3.63, 3.8) is 0 Å². The minimum Gasteiger partial charge on any atom is -0.0623 e. The van der Waals surface area contributed by atoms with Gasteiger partial charge in [0.15, 0.2) is 0 Å². The molecule has 2 heteroatoms. The fourth-order valence-electron chi connectivity index (χ4n) is 5.34. The van der Waals surface area contributed by atoms with Crippen molar-refractivity contribution in [1.82, 2.24) is 0 Å². The van der Waals surface area contributed by atoms with Crippen LogP contribution >= 0.6 is 0 Å². The Balaban J connectivity index is 0.000000128. The molecule has 2 heterocycles. The fraction of sp³-hybridized carbons (Fsp3) is 0.143. The molecule has 0 spiro atoms. The Morgan fingerprint density at radius 2 is 0.533 bits per heavy atom. The van der Waals surface area contributed by atoms with Crippen LogP contribution in [-0.4, -0.2) is 16.1 Å². The van der Waals surface area contributed by atoms with Crippen molar-refractivity contribution in [1.29, 1.82) is 0 Å². The molecule has 148 valence electrons. The van der Waals surface area contributed by atoms with Crippen molar-refractivity contribution in [3.05, 3.63) is 97.1 Å². The van der Waals surface area contributed by atoms with Crippen LogP contribution in [0.5, 0.6) is 0 Å². The lowest BCUT2D eigenvalue weighted by atomic mass is 10.1. The molecule has 0 atom stereocenters. The molecule has 0 nitrogen and oxygen atoms in total. The first-order valence-corrected chi connectivity index (χ1v) is 16.8. The molecular weight excluding hydrogens is 392 g/mol. The Hall–Kier alpha value is -2.69. The van der Waals surface area contributed by atoms with Crippen molar-refractivity contribution in [2.45, 2.75) is 26.2 Å². The highest BCUT2D eigenvalue weighted by Crippen LogP contribution is 2.28. The van der Waals surface area contributed by atoms with E-state index in [1.165, 1.54) is 22.3 Å². The van der Waals surface area contributed by atoms with Crippen LogP contribution in [0.2, 0.25) is 26.2 Å². The zero-order valence-corrected chi connectivity index (χ0v) is 20.2. The quantitative estimate of drug-likeness (QED) is 0.352. The summed E-state index contributed by atoms with van der Waals surface area (Å²) in [6, 6.07) is 35.5. The molecule has 0 saturated carbocycles. The topological polar surface area (TPSA) is 0 Å². The molecule has 4 aromatic carbocycles. The number of benzene rings is 4. The Morgan fingerprint density at radius 3 is 0.767 bits per heavy atom. The molecule has 0 bridgehead atoms. The summed E-state index contributed by atoms with van der Waals surface area (Å²) in [5, 5.41) is 6.36. The third kappa shape index (κ3) is 2.78. The first-order valence-electron chi connectivity index (χ1n) is 10.8. The van der Waals surface area contributed by atoms with E-state index in [0.717, 1.165) is 0 Å². The number of hydrogen-bond donors (Lipinski definition) is 0. The molecule has 0 amide bonds. The molecule has 2 aliphatic heterocycles. The van der Waals surface area contributed by atoms with Crippen molar-refractivity contribution in [2.24, 2.45) is 0 Å². The lowest BCUT2D eigenvalue weighted by Crippen LogP contribution is -2.49. The molecule has 0 unspecified atom stereocenters. The van der Waals surface area contributed by atoms with E-state index in [1.54, 1.807) is 20.7 Å². The molecule has 0 radical (unpaired) electrons. The summed E-state index contributed by atoms with van der Waals surface area (Å²) in [7, 11) is -2.76. The second kappa shape index (κ2) is 6.93. The summed E-state index contributed by atoms with van der Waals surface area (Å²) in [6.45, 7) is 9.77. The summed E-state index contributed by atoms with van der Waals surface area (Å²) in [6.07, 6.45) is 0. The lowest BCUT2D eigenvalue weighted by molar-refractivity contribution is 1.71. The molecule has 2 aliphatic rings. The second-order valence-corrected chi connectivity index (χ2v) is 18.1. The molecule has 0 saturated heterocycles. The summed E-state index contributed by atoms with van der Waals surface area (Å²) in [5.74, 6) is 0. The van der Waals surface area contributed by atoms with Crippen LogP contribution in [0.1, 0.15) is 0 Å². The molecule has 0 fully saturated rings. The zero-order chi connectivity index (χ0) is 20.9. The standard InChI is InChI=1S/2C14H14Si/c2*1-15(2)13-9-5-3-7-11(13)12-8-4-6-10-14(12)15/h2*3-10H,1-2H3.